The molecule has 2 N–H and O–H groups in total. The normalized spacial score (nSPS) is 11.9. The molecule has 2 amide bonds. The van der Waals surface area contributed by atoms with Gasteiger partial charge in [-0.2, -0.15) is 0 Å². The summed E-state index contributed by atoms with van der Waals surface area (Å²) in [5.74, 6) is 0.417. The molecule has 0 aliphatic heterocycles. The van der Waals surface area contributed by atoms with Crippen molar-refractivity contribution in [1.29, 1.82) is 0 Å². The monoisotopic (exact) mass is 250 g/mol. The van der Waals surface area contributed by atoms with Gasteiger partial charge in [0.25, 0.3) is 0 Å². The topological polar surface area (TPSA) is 50.4 Å². The molecule has 0 aromatic heterocycles. The van der Waals surface area contributed by atoms with Gasteiger partial charge in [0, 0.05) is 20.2 Å². The van der Waals surface area contributed by atoms with E-state index < -0.39 is 0 Å². The molecule has 18 heavy (non-hydrogen) atoms. The minimum absolute atomic E-state index is 0.132. The molecule has 0 spiro atoms. The highest BCUT2D eigenvalue weighted by Gasteiger charge is 2.05. The van der Waals surface area contributed by atoms with E-state index in [0.29, 0.717) is 25.6 Å². The molecule has 0 saturated carbocycles. The van der Waals surface area contributed by atoms with Gasteiger partial charge in [0.1, 0.15) is 0 Å². The molecule has 1 aromatic carbocycles. The average molecular weight is 250 g/mol. The van der Waals surface area contributed by atoms with E-state index in [0.717, 1.165) is 6.42 Å². The fraction of sp³-hybridized carbons (Fsp3) is 0.500. The highest BCUT2D eigenvalue weighted by molar-refractivity contribution is 5.73. The molecule has 0 bridgehead atoms. The van der Waals surface area contributed by atoms with Crippen LogP contribution < -0.4 is 10.6 Å². The highest BCUT2D eigenvalue weighted by atomic mass is 16.5. The zero-order chi connectivity index (χ0) is 13.2. The zero-order valence-corrected chi connectivity index (χ0v) is 11.1. The van der Waals surface area contributed by atoms with Crippen molar-refractivity contribution in [3.05, 3.63) is 35.9 Å². The van der Waals surface area contributed by atoms with Crippen LogP contribution in [0.25, 0.3) is 0 Å². The second kappa shape index (κ2) is 8.53. The predicted molar refractivity (Wildman–Crippen MR) is 72.6 cm³/mol. The lowest BCUT2D eigenvalue weighted by molar-refractivity contribution is 0.195. The molecule has 1 rings (SSSR count). The Labute approximate surface area is 109 Å². The van der Waals surface area contributed by atoms with Crippen molar-refractivity contribution < 1.29 is 9.53 Å². The molecular weight excluding hydrogens is 228 g/mol. The SMILES string of the molecule is COCCNC(=O)NCC(C)Cc1ccccc1. The number of methoxy groups -OCH3 is 1. The molecular formula is C14H22N2O2. The summed E-state index contributed by atoms with van der Waals surface area (Å²) in [5.41, 5.74) is 1.30. The number of carbonyl (C=O) groups excluding carboxylic acids is 1. The summed E-state index contributed by atoms with van der Waals surface area (Å²) in [5, 5.41) is 5.58. The van der Waals surface area contributed by atoms with Crippen molar-refractivity contribution in [3.63, 3.8) is 0 Å². The third-order valence-electron chi connectivity index (χ3n) is 2.63. The molecule has 1 unspecified atom stereocenters. The van der Waals surface area contributed by atoms with Crippen molar-refractivity contribution in [1.82, 2.24) is 10.6 Å². The number of urea groups is 1. The van der Waals surface area contributed by atoms with Gasteiger partial charge in [0.05, 0.1) is 6.61 Å². The van der Waals surface area contributed by atoms with Gasteiger partial charge in [-0.3, -0.25) is 0 Å². The number of benzene rings is 1. The van der Waals surface area contributed by atoms with E-state index in [2.05, 4.69) is 29.7 Å². The van der Waals surface area contributed by atoms with Gasteiger partial charge in [-0.05, 0) is 17.9 Å². The zero-order valence-electron chi connectivity index (χ0n) is 11.1. The van der Waals surface area contributed by atoms with Crippen molar-refractivity contribution in [3.8, 4) is 0 Å². The van der Waals surface area contributed by atoms with Gasteiger partial charge in [0.15, 0.2) is 0 Å². The van der Waals surface area contributed by atoms with E-state index in [9.17, 15) is 4.79 Å². The van der Waals surface area contributed by atoms with Gasteiger partial charge < -0.3 is 15.4 Å². The highest BCUT2D eigenvalue weighted by Crippen LogP contribution is 2.06. The van der Waals surface area contributed by atoms with Crippen LogP contribution >= 0.6 is 0 Å². The predicted octanol–water partition coefficient (Wildman–Crippen LogP) is 1.81. The Hall–Kier alpha value is -1.55. The van der Waals surface area contributed by atoms with Crippen LogP contribution in [-0.2, 0) is 11.2 Å². The fourth-order valence-corrected chi connectivity index (χ4v) is 1.68. The maximum atomic E-state index is 11.4. The number of amides is 2. The first-order valence-corrected chi connectivity index (χ1v) is 6.27. The van der Waals surface area contributed by atoms with Crippen molar-refractivity contribution in [2.45, 2.75) is 13.3 Å². The lowest BCUT2D eigenvalue weighted by atomic mass is 10.0. The molecule has 0 radical (unpaired) electrons. The van der Waals surface area contributed by atoms with Crippen LogP contribution in [0.2, 0.25) is 0 Å². The summed E-state index contributed by atoms with van der Waals surface area (Å²) in [4.78, 5) is 11.4. The molecule has 0 fully saturated rings. The van der Waals surface area contributed by atoms with Crippen molar-refractivity contribution >= 4 is 6.03 Å². The smallest absolute Gasteiger partial charge is 0.314 e. The standard InChI is InChI=1S/C14H22N2O2/c1-12(10-13-6-4-3-5-7-13)11-16-14(17)15-8-9-18-2/h3-7,12H,8-11H2,1-2H3,(H2,15,16,17). The van der Waals surface area contributed by atoms with Gasteiger partial charge in [0.2, 0.25) is 0 Å². The number of hydrogen-bond acceptors (Lipinski definition) is 2. The minimum atomic E-state index is -0.132. The van der Waals surface area contributed by atoms with Crippen LogP contribution in [0.4, 0.5) is 4.79 Å². The second-order valence-corrected chi connectivity index (χ2v) is 4.42. The van der Waals surface area contributed by atoms with Crippen LogP contribution in [0.1, 0.15) is 12.5 Å². The Balaban J connectivity index is 2.17. The molecule has 4 heteroatoms. The van der Waals surface area contributed by atoms with Gasteiger partial charge in [-0.1, -0.05) is 37.3 Å². The van der Waals surface area contributed by atoms with Gasteiger partial charge >= 0.3 is 6.03 Å². The van der Waals surface area contributed by atoms with Crippen LogP contribution in [-0.4, -0.2) is 32.8 Å². The molecule has 0 heterocycles. The van der Waals surface area contributed by atoms with Crippen LogP contribution in [0.5, 0.6) is 0 Å². The first kappa shape index (κ1) is 14.5. The summed E-state index contributed by atoms with van der Waals surface area (Å²) in [7, 11) is 1.61. The quantitative estimate of drug-likeness (QED) is 0.725. The Morgan fingerprint density at radius 2 is 2.00 bits per heavy atom. The summed E-state index contributed by atoms with van der Waals surface area (Å²) in [6.07, 6.45) is 0.971. The molecule has 1 atom stereocenters. The van der Waals surface area contributed by atoms with E-state index >= 15 is 0 Å². The van der Waals surface area contributed by atoms with Crippen LogP contribution in [0, 0.1) is 5.92 Å². The molecule has 0 aliphatic carbocycles. The van der Waals surface area contributed by atoms with Crippen LogP contribution in [0.3, 0.4) is 0 Å². The second-order valence-electron chi connectivity index (χ2n) is 4.42. The maximum Gasteiger partial charge on any atom is 0.314 e. The molecule has 1 aromatic rings. The van der Waals surface area contributed by atoms with Crippen LogP contribution in [0.15, 0.2) is 30.3 Å². The van der Waals surface area contributed by atoms with E-state index in [1.54, 1.807) is 7.11 Å². The fourth-order valence-electron chi connectivity index (χ4n) is 1.68. The maximum absolute atomic E-state index is 11.4. The van der Waals surface area contributed by atoms with Crippen molar-refractivity contribution in [2.75, 3.05) is 26.8 Å². The van der Waals surface area contributed by atoms with Crippen molar-refractivity contribution in [2.24, 2.45) is 5.92 Å². The third-order valence-corrected chi connectivity index (χ3v) is 2.63. The number of carbonyl (C=O) groups is 1. The number of ether oxygens (including phenoxy) is 1. The first-order chi connectivity index (χ1) is 8.72. The number of hydrogen-bond donors (Lipinski definition) is 2. The molecule has 4 nitrogen and oxygen atoms in total. The first-order valence-electron chi connectivity index (χ1n) is 6.27. The summed E-state index contributed by atoms with van der Waals surface area (Å²) in [6.45, 7) is 3.87. The van der Waals surface area contributed by atoms with Gasteiger partial charge in [-0.15, -0.1) is 0 Å². The van der Waals surface area contributed by atoms with E-state index in [4.69, 9.17) is 4.74 Å². The molecule has 0 aliphatic rings. The molecule has 0 saturated heterocycles. The Morgan fingerprint density at radius 1 is 1.28 bits per heavy atom. The summed E-state index contributed by atoms with van der Waals surface area (Å²) >= 11 is 0. The number of nitrogens with one attached hydrogen (secondary N) is 2. The third kappa shape index (κ3) is 6.25. The average Bonchev–Trinajstić information content (AvgIpc) is 2.38. The number of rotatable bonds is 7. The van der Waals surface area contributed by atoms with E-state index in [1.807, 2.05) is 18.2 Å². The van der Waals surface area contributed by atoms with E-state index in [1.165, 1.54) is 5.56 Å². The lowest BCUT2D eigenvalue weighted by Crippen LogP contribution is -2.39. The molecule has 100 valence electrons. The minimum Gasteiger partial charge on any atom is -0.383 e. The lowest BCUT2D eigenvalue weighted by Gasteiger charge is -2.13. The Kier molecular flexibility index (Phi) is 6.87. The largest absolute Gasteiger partial charge is 0.383 e. The summed E-state index contributed by atoms with van der Waals surface area (Å²) in [6, 6.07) is 10.2. The Bertz CT molecular complexity index is 341. The van der Waals surface area contributed by atoms with Gasteiger partial charge in [-0.25, -0.2) is 4.79 Å². The Morgan fingerprint density at radius 3 is 2.67 bits per heavy atom. The van der Waals surface area contributed by atoms with E-state index in [-0.39, 0.29) is 6.03 Å². The summed E-state index contributed by atoms with van der Waals surface area (Å²) < 4.78 is 4.85.